The molecule has 1 aliphatic rings. The number of carbonyl (C=O) groups is 1. The summed E-state index contributed by atoms with van der Waals surface area (Å²) in [5.41, 5.74) is 1.46. The summed E-state index contributed by atoms with van der Waals surface area (Å²) >= 11 is 0. The van der Waals surface area contributed by atoms with E-state index in [0.717, 1.165) is 30.6 Å². The second kappa shape index (κ2) is 6.48. The average molecular weight is 263 g/mol. The van der Waals surface area contributed by atoms with E-state index in [0.29, 0.717) is 6.61 Å². The van der Waals surface area contributed by atoms with Crippen LogP contribution in [0.15, 0.2) is 30.3 Å². The van der Waals surface area contributed by atoms with E-state index >= 15 is 0 Å². The first-order valence-electron chi connectivity index (χ1n) is 6.47. The van der Waals surface area contributed by atoms with Crippen LogP contribution in [0.5, 0.6) is 0 Å². The van der Waals surface area contributed by atoms with Gasteiger partial charge in [-0.05, 0) is 43.0 Å². The summed E-state index contributed by atoms with van der Waals surface area (Å²) in [6.07, 6.45) is 3.42. The molecule has 1 heterocycles. The Kier molecular flexibility index (Phi) is 4.68. The molecule has 1 N–H and O–H groups in total. The minimum Gasteiger partial charge on any atom is -0.379 e. The summed E-state index contributed by atoms with van der Waals surface area (Å²) < 4.78 is 18.4. The molecule has 0 aliphatic carbocycles. The van der Waals surface area contributed by atoms with Gasteiger partial charge in [0.25, 0.3) is 0 Å². The van der Waals surface area contributed by atoms with E-state index in [4.69, 9.17) is 4.74 Å². The fourth-order valence-electron chi connectivity index (χ4n) is 2.11. The van der Waals surface area contributed by atoms with Gasteiger partial charge in [-0.3, -0.25) is 4.79 Å². The fourth-order valence-corrected chi connectivity index (χ4v) is 2.11. The zero-order chi connectivity index (χ0) is 13.7. The zero-order valence-corrected chi connectivity index (χ0v) is 11.0. The Morgan fingerprint density at radius 1 is 1.53 bits per heavy atom. The van der Waals surface area contributed by atoms with Crippen LogP contribution in [0.25, 0.3) is 5.57 Å². The van der Waals surface area contributed by atoms with Gasteiger partial charge in [-0.25, -0.2) is 4.39 Å². The summed E-state index contributed by atoms with van der Waals surface area (Å²) in [5.74, 6) is -0.455. The van der Waals surface area contributed by atoms with Crippen molar-refractivity contribution in [2.45, 2.75) is 25.8 Å². The molecule has 1 aliphatic heterocycles. The molecule has 1 unspecified atom stereocenters. The third-order valence-electron chi connectivity index (χ3n) is 3.13. The molecule has 1 aromatic rings. The maximum Gasteiger partial charge on any atom is 0.244 e. The third-order valence-corrected chi connectivity index (χ3v) is 3.13. The van der Waals surface area contributed by atoms with Crippen LogP contribution in [0, 0.1) is 5.82 Å². The van der Waals surface area contributed by atoms with E-state index in [1.807, 2.05) is 0 Å². The molecule has 19 heavy (non-hydrogen) atoms. The Balaban J connectivity index is 1.97. The maximum absolute atomic E-state index is 13.1. The standard InChI is InChI=1S/C15H18FNO2/c1-11(12-4-2-5-13(16)9-12)8-15(18)17-14-6-3-7-19-10-14/h2,4-5,8-9,14H,3,6-7,10H2,1H3,(H,17,18)/b11-8+. The molecular formula is C15H18FNO2. The van der Waals surface area contributed by atoms with Crippen LogP contribution in [0.3, 0.4) is 0 Å². The van der Waals surface area contributed by atoms with Crippen LogP contribution in [0.4, 0.5) is 4.39 Å². The van der Waals surface area contributed by atoms with Crippen LogP contribution < -0.4 is 5.32 Å². The quantitative estimate of drug-likeness (QED) is 0.851. The van der Waals surface area contributed by atoms with Gasteiger partial charge in [-0.15, -0.1) is 0 Å². The number of halogens is 1. The molecule has 102 valence electrons. The topological polar surface area (TPSA) is 38.3 Å². The SMILES string of the molecule is C/C(=C\C(=O)NC1CCCOC1)c1cccc(F)c1. The molecule has 0 radical (unpaired) electrons. The molecular weight excluding hydrogens is 245 g/mol. The minimum atomic E-state index is -0.300. The van der Waals surface area contributed by atoms with Gasteiger partial charge in [-0.1, -0.05) is 12.1 Å². The highest BCUT2D eigenvalue weighted by molar-refractivity contribution is 5.95. The molecule has 0 spiro atoms. The fraction of sp³-hybridized carbons (Fsp3) is 0.400. The van der Waals surface area contributed by atoms with Crippen molar-refractivity contribution in [1.82, 2.24) is 5.32 Å². The molecule has 1 saturated heterocycles. The molecule has 0 bridgehead atoms. The van der Waals surface area contributed by atoms with Crippen molar-refractivity contribution in [3.05, 3.63) is 41.7 Å². The molecule has 0 aromatic heterocycles. The van der Waals surface area contributed by atoms with Crippen molar-refractivity contribution in [1.29, 1.82) is 0 Å². The second-order valence-electron chi connectivity index (χ2n) is 4.76. The Hall–Kier alpha value is -1.68. The molecule has 1 aromatic carbocycles. The summed E-state index contributed by atoms with van der Waals surface area (Å²) in [6.45, 7) is 3.13. The van der Waals surface area contributed by atoms with E-state index in [1.54, 1.807) is 19.1 Å². The number of rotatable bonds is 3. The normalized spacial score (nSPS) is 20.1. The van der Waals surface area contributed by atoms with Gasteiger partial charge in [-0.2, -0.15) is 0 Å². The lowest BCUT2D eigenvalue weighted by Gasteiger charge is -2.22. The van der Waals surface area contributed by atoms with Gasteiger partial charge in [0.15, 0.2) is 0 Å². The highest BCUT2D eigenvalue weighted by atomic mass is 19.1. The van der Waals surface area contributed by atoms with Gasteiger partial charge in [0.05, 0.1) is 12.6 Å². The molecule has 3 nitrogen and oxygen atoms in total. The first-order chi connectivity index (χ1) is 9.15. The third kappa shape index (κ3) is 4.17. The Bertz CT molecular complexity index is 479. The number of benzene rings is 1. The van der Waals surface area contributed by atoms with Crippen molar-refractivity contribution in [3.8, 4) is 0 Å². The molecule has 0 saturated carbocycles. The summed E-state index contributed by atoms with van der Waals surface area (Å²) in [7, 11) is 0. The average Bonchev–Trinajstić information content (AvgIpc) is 2.39. The number of amides is 1. The summed E-state index contributed by atoms with van der Waals surface area (Å²) in [5, 5.41) is 2.90. The number of ether oxygens (including phenoxy) is 1. The number of hydrogen-bond donors (Lipinski definition) is 1. The lowest BCUT2D eigenvalue weighted by Crippen LogP contribution is -2.39. The predicted octanol–water partition coefficient (Wildman–Crippen LogP) is 2.52. The van der Waals surface area contributed by atoms with Crippen LogP contribution in [-0.4, -0.2) is 25.2 Å². The number of hydrogen-bond acceptors (Lipinski definition) is 2. The number of carbonyl (C=O) groups excluding carboxylic acids is 1. The van der Waals surface area contributed by atoms with Crippen molar-refractivity contribution < 1.29 is 13.9 Å². The lowest BCUT2D eigenvalue weighted by molar-refractivity contribution is -0.118. The monoisotopic (exact) mass is 263 g/mol. The number of nitrogens with one attached hydrogen (secondary N) is 1. The van der Waals surface area contributed by atoms with Crippen molar-refractivity contribution in [2.75, 3.05) is 13.2 Å². The van der Waals surface area contributed by atoms with E-state index in [-0.39, 0.29) is 17.8 Å². The smallest absolute Gasteiger partial charge is 0.244 e. The largest absolute Gasteiger partial charge is 0.379 e. The van der Waals surface area contributed by atoms with Crippen molar-refractivity contribution in [3.63, 3.8) is 0 Å². The highest BCUT2D eigenvalue weighted by Gasteiger charge is 2.15. The summed E-state index contributed by atoms with van der Waals surface area (Å²) in [6, 6.07) is 6.30. The molecule has 1 amide bonds. The molecule has 1 atom stereocenters. The molecule has 4 heteroatoms. The van der Waals surface area contributed by atoms with Gasteiger partial charge >= 0.3 is 0 Å². The lowest BCUT2D eigenvalue weighted by atomic mass is 10.1. The Labute approximate surface area is 112 Å². The maximum atomic E-state index is 13.1. The van der Waals surface area contributed by atoms with Crippen LogP contribution in [-0.2, 0) is 9.53 Å². The highest BCUT2D eigenvalue weighted by Crippen LogP contribution is 2.14. The molecule has 1 fully saturated rings. The van der Waals surface area contributed by atoms with Gasteiger partial charge in [0, 0.05) is 12.7 Å². The van der Waals surface area contributed by atoms with Gasteiger partial charge < -0.3 is 10.1 Å². The second-order valence-corrected chi connectivity index (χ2v) is 4.76. The van der Waals surface area contributed by atoms with E-state index < -0.39 is 0 Å². The van der Waals surface area contributed by atoms with E-state index in [9.17, 15) is 9.18 Å². The van der Waals surface area contributed by atoms with Gasteiger partial charge in [0.1, 0.15) is 5.82 Å². The van der Waals surface area contributed by atoms with E-state index in [1.165, 1.54) is 18.2 Å². The van der Waals surface area contributed by atoms with E-state index in [2.05, 4.69) is 5.32 Å². The van der Waals surface area contributed by atoms with Crippen LogP contribution >= 0.6 is 0 Å². The van der Waals surface area contributed by atoms with Gasteiger partial charge in [0.2, 0.25) is 5.91 Å². The molecule has 2 rings (SSSR count). The number of allylic oxidation sites excluding steroid dienone is 1. The summed E-state index contributed by atoms with van der Waals surface area (Å²) in [4.78, 5) is 11.8. The zero-order valence-electron chi connectivity index (χ0n) is 11.0. The predicted molar refractivity (Wildman–Crippen MR) is 72.0 cm³/mol. The van der Waals surface area contributed by atoms with Crippen molar-refractivity contribution >= 4 is 11.5 Å². The first-order valence-corrected chi connectivity index (χ1v) is 6.47. The minimum absolute atomic E-state index is 0.0813. The van der Waals surface area contributed by atoms with Crippen molar-refractivity contribution in [2.24, 2.45) is 0 Å². The van der Waals surface area contributed by atoms with Crippen LogP contribution in [0.1, 0.15) is 25.3 Å². The van der Waals surface area contributed by atoms with Crippen LogP contribution in [0.2, 0.25) is 0 Å². The Morgan fingerprint density at radius 2 is 2.37 bits per heavy atom. The Morgan fingerprint density at radius 3 is 3.05 bits per heavy atom. The first kappa shape index (κ1) is 13.7.